The first-order valence-electron chi connectivity index (χ1n) is 6.15. The Bertz CT molecular complexity index is 732. The molecular formula is C15H10FN2O3S-. The smallest absolute Gasteiger partial charge is 0.257 e. The van der Waals surface area contributed by atoms with Crippen LogP contribution in [0.4, 0.5) is 10.1 Å². The number of nitrogens with one attached hydrogen (secondary N) is 2. The second-order valence-corrected chi connectivity index (χ2v) is 4.69. The molecule has 0 aromatic heterocycles. The number of rotatable bonds is 3. The molecule has 0 aliphatic rings. The first-order valence-corrected chi connectivity index (χ1v) is 6.56. The fourth-order valence-corrected chi connectivity index (χ4v) is 1.87. The summed E-state index contributed by atoms with van der Waals surface area (Å²) in [6.07, 6.45) is 0. The number of anilines is 1. The molecule has 0 radical (unpaired) electrons. The molecule has 112 valence electrons. The summed E-state index contributed by atoms with van der Waals surface area (Å²) in [7, 11) is 0. The lowest BCUT2D eigenvalue weighted by atomic mass is 10.2. The van der Waals surface area contributed by atoms with Crippen molar-refractivity contribution in [2.45, 2.75) is 0 Å². The van der Waals surface area contributed by atoms with Crippen LogP contribution in [-0.2, 0) is 0 Å². The summed E-state index contributed by atoms with van der Waals surface area (Å²) in [5, 5.41) is 15.8. The van der Waals surface area contributed by atoms with Gasteiger partial charge in [0, 0.05) is 11.3 Å². The summed E-state index contributed by atoms with van der Waals surface area (Å²) >= 11 is 4.97. The molecular weight excluding hydrogens is 307 g/mol. The fraction of sp³-hybridized carbons (Fsp3) is 0. The highest BCUT2D eigenvalue weighted by Crippen LogP contribution is 2.10. The van der Waals surface area contributed by atoms with Gasteiger partial charge in [-0.15, -0.1) is 0 Å². The topological polar surface area (TPSA) is 81.3 Å². The average Bonchev–Trinajstić information content (AvgIpc) is 2.47. The van der Waals surface area contributed by atoms with Crippen molar-refractivity contribution in [3.63, 3.8) is 0 Å². The van der Waals surface area contributed by atoms with Gasteiger partial charge in [0.05, 0.1) is 5.97 Å². The fourth-order valence-electron chi connectivity index (χ4n) is 1.66. The Morgan fingerprint density at radius 3 is 2.36 bits per heavy atom. The molecule has 0 unspecified atom stereocenters. The number of carboxylic acid groups (broad SMARTS) is 1. The summed E-state index contributed by atoms with van der Waals surface area (Å²) in [6.45, 7) is 0. The lowest BCUT2D eigenvalue weighted by Gasteiger charge is -2.11. The van der Waals surface area contributed by atoms with Crippen molar-refractivity contribution in [1.29, 1.82) is 0 Å². The van der Waals surface area contributed by atoms with Crippen LogP contribution in [0.1, 0.15) is 20.7 Å². The van der Waals surface area contributed by atoms with Gasteiger partial charge in [-0.3, -0.25) is 10.1 Å². The monoisotopic (exact) mass is 317 g/mol. The minimum Gasteiger partial charge on any atom is -0.545 e. The number of carbonyl (C=O) groups excluding carboxylic acids is 2. The first-order chi connectivity index (χ1) is 10.5. The molecule has 0 fully saturated rings. The molecule has 0 atom stereocenters. The Morgan fingerprint density at radius 1 is 1.05 bits per heavy atom. The zero-order valence-electron chi connectivity index (χ0n) is 11.1. The molecule has 0 saturated heterocycles. The van der Waals surface area contributed by atoms with Crippen LogP contribution in [0.3, 0.4) is 0 Å². The number of amides is 1. The molecule has 0 bridgehead atoms. The van der Waals surface area contributed by atoms with Crippen molar-refractivity contribution in [1.82, 2.24) is 5.32 Å². The Balaban J connectivity index is 2.01. The molecule has 2 rings (SSSR count). The van der Waals surface area contributed by atoms with Crippen LogP contribution in [-0.4, -0.2) is 17.0 Å². The van der Waals surface area contributed by atoms with E-state index in [9.17, 15) is 19.1 Å². The Kier molecular flexibility index (Phi) is 4.80. The van der Waals surface area contributed by atoms with E-state index in [0.717, 1.165) is 12.1 Å². The molecule has 2 aromatic carbocycles. The largest absolute Gasteiger partial charge is 0.545 e. The third kappa shape index (κ3) is 4.10. The van der Waals surface area contributed by atoms with E-state index in [1.807, 2.05) is 0 Å². The predicted molar refractivity (Wildman–Crippen MR) is 80.9 cm³/mol. The summed E-state index contributed by atoms with van der Waals surface area (Å²) < 4.78 is 12.8. The summed E-state index contributed by atoms with van der Waals surface area (Å²) in [5.41, 5.74) is 0.623. The highest BCUT2D eigenvalue weighted by Gasteiger charge is 2.08. The Labute approximate surface area is 130 Å². The van der Waals surface area contributed by atoms with Crippen molar-refractivity contribution in [3.05, 3.63) is 65.5 Å². The molecule has 7 heteroatoms. The zero-order chi connectivity index (χ0) is 16.1. The maximum absolute atomic E-state index is 12.8. The normalized spacial score (nSPS) is 9.86. The predicted octanol–water partition coefficient (Wildman–Crippen LogP) is 1.32. The molecule has 0 spiro atoms. The van der Waals surface area contributed by atoms with E-state index >= 15 is 0 Å². The minimum absolute atomic E-state index is 0.00942. The van der Waals surface area contributed by atoms with Crippen molar-refractivity contribution >= 4 is 34.9 Å². The molecule has 2 aromatic rings. The van der Waals surface area contributed by atoms with Gasteiger partial charge in [-0.05, 0) is 54.2 Å². The van der Waals surface area contributed by atoms with Gasteiger partial charge in [-0.1, -0.05) is 12.1 Å². The lowest BCUT2D eigenvalue weighted by Crippen LogP contribution is -2.34. The van der Waals surface area contributed by atoms with Gasteiger partial charge in [0.25, 0.3) is 5.91 Å². The standard InChI is InChI=1S/C15H11FN2O3S/c16-11-6-4-9(5-7-11)13(19)18-15(22)17-12-3-1-2-10(8-12)14(20)21/h1-8H,(H,20,21)(H2,17,18,19,22)/p-1. The zero-order valence-corrected chi connectivity index (χ0v) is 11.9. The maximum Gasteiger partial charge on any atom is 0.257 e. The third-order valence-corrected chi connectivity index (χ3v) is 2.89. The number of benzene rings is 2. The van der Waals surface area contributed by atoms with Crippen molar-refractivity contribution in [2.24, 2.45) is 0 Å². The molecule has 0 heterocycles. The number of halogens is 1. The van der Waals surface area contributed by atoms with Crippen LogP contribution in [0.15, 0.2) is 48.5 Å². The van der Waals surface area contributed by atoms with Crippen molar-refractivity contribution in [3.8, 4) is 0 Å². The van der Waals surface area contributed by atoms with E-state index in [1.54, 1.807) is 6.07 Å². The minimum atomic E-state index is -1.31. The van der Waals surface area contributed by atoms with Gasteiger partial charge in [-0.25, -0.2) is 4.39 Å². The molecule has 1 amide bonds. The Hall–Kier alpha value is -2.80. The van der Waals surface area contributed by atoms with Gasteiger partial charge in [-0.2, -0.15) is 0 Å². The van der Waals surface area contributed by atoms with Crippen molar-refractivity contribution < 1.29 is 19.1 Å². The summed E-state index contributed by atoms with van der Waals surface area (Å²) in [6, 6.07) is 10.8. The first kappa shape index (κ1) is 15.6. The molecule has 0 aliphatic heterocycles. The highest BCUT2D eigenvalue weighted by molar-refractivity contribution is 7.80. The van der Waals surface area contributed by atoms with Gasteiger partial charge in [0.15, 0.2) is 5.11 Å². The molecule has 2 N–H and O–H groups in total. The van der Waals surface area contributed by atoms with E-state index in [-0.39, 0.29) is 16.2 Å². The van der Waals surface area contributed by atoms with Crippen LogP contribution in [0, 0.1) is 5.82 Å². The number of carbonyl (C=O) groups is 2. The van der Waals surface area contributed by atoms with E-state index in [1.165, 1.54) is 30.3 Å². The van der Waals surface area contributed by atoms with Crippen LogP contribution in [0.2, 0.25) is 0 Å². The van der Waals surface area contributed by atoms with Gasteiger partial charge in [0.1, 0.15) is 5.82 Å². The number of hydrogen-bond acceptors (Lipinski definition) is 4. The second-order valence-electron chi connectivity index (χ2n) is 4.28. The molecule has 5 nitrogen and oxygen atoms in total. The average molecular weight is 317 g/mol. The van der Waals surface area contributed by atoms with Crippen molar-refractivity contribution in [2.75, 3.05) is 5.32 Å². The molecule has 0 saturated carbocycles. The van der Waals surface area contributed by atoms with E-state index < -0.39 is 17.7 Å². The SMILES string of the molecule is O=C([O-])c1cccc(NC(=S)NC(=O)c2ccc(F)cc2)c1. The third-order valence-electron chi connectivity index (χ3n) is 2.69. The quantitative estimate of drug-likeness (QED) is 0.835. The van der Waals surface area contributed by atoms with Crippen LogP contribution < -0.4 is 15.7 Å². The number of hydrogen-bond donors (Lipinski definition) is 2. The maximum atomic E-state index is 12.8. The van der Waals surface area contributed by atoms with Gasteiger partial charge >= 0.3 is 0 Å². The van der Waals surface area contributed by atoms with E-state index in [0.29, 0.717) is 5.69 Å². The van der Waals surface area contributed by atoms with E-state index in [2.05, 4.69) is 10.6 Å². The summed E-state index contributed by atoms with van der Waals surface area (Å²) in [5.74, 6) is -2.27. The van der Waals surface area contributed by atoms with Crippen LogP contribution in [0.5, 0.6) is 0 Å². The van der Waals surface area contributed by atoms with Crippen LogP contribution in [0.25, 0.3) is 0 Å². The summed E-state index contributed by atoms with van der Waals surface area (Å²) in [4.78, 5) is 22.6. The number of aromatic carboxylic acids is 1. The highest BCUT2D eigenvalue weighted by atomic mass is 32.1. The van der Waals surface area contributed by atoms with Gasteiger partial charge < -0.3 is 15.2 Å². The number of carboxylic acids is 1. The number of thiocarbonyl (C=S) groups is 1. The van der Waals surface area contributed by atoms with E-state index in [4.69, 9.17) is 12.2 Å². The van der Waals surface area contributed by atoms with Gasteiger partial charge in [0.2, 0.25) is 0 Å². The second kappa shape index (κ2) is 6.77. The molecule has 22 heavy (non-hydrogen) atoms. The Morgan fingerprint density at radius 2 is 1.73 bits per heavy atom. The lowest BCUT2D eigenvalue weighted by molar-refractivity contribution is -0.255. The molecule has 0 aliphatic carbocycles. The van der Waals surface area contributed by atoms with Crippen LogP contribution >= 0.6 is 12.2 Å².